The number of hydrogen-bond acceptors (Lipinski definition) is 4. The van der Waals surface area contributed by atoms with Gasteiger partial charge >= 0.3 is 0 Å². The monoisotopic (exact) mass is 275 g/mol. The van der Waals surface area contributed by atoms with Gasteiger partial charge in [-0.15, -0.1) is 0 Å². The van der Waals surface area contributed by atoms with E-state index >= 15 is 0 Å². The largest absolute Gasteiger partial charge is 0.399 e. The van der Waals surface area contributed by atoms with Crippen LogP contribution in [0.25, 0.3) is 0 Å². The van der Waals surface area contributed by atoms with E-state index in [0.717, 1.165) is 31.5 Å². The van der Waals surface area contributed by atoms with Crippen LogP contribution in [0.3, 0.4) is 0 Å². The van der Waals surface area contributed by atoms with Crippen molar-refractivity contribution in [3.05, 3.63) is 29.8 Å². The molecule has 5 nitrogen and oxygen atoms in total. The van der Waals surface area contributed by atoms with Gasteiger partial charge in [-0.25, -0.2) is 0 Å². The lowest BCUT2D eigenvalue weighted by Crippen LogP contribution is -2.57. The molecule has 1 aliphatic heterocycles. The normalized spacial score (nSPS) is 19.9. The highest BCUT2D eigenvalue weighted by molar-refractivity contribution is 6.01. The van der Waals surface area contributed by atoms with Gasteiger partial charge in [0.25, 0.3) is 0 Å². The van der Waals surface area contributed by atoms with Crippen LogP contribution in [0.5, 0.6) is 0 Å². The highest BCUT2D eigenvalue weighted by Gasteiger charge is 2.31. The van der Waals surface area contributed by atoms with Crippen LogP contribution in [0.1, 0.15) is 25.3 Å². The van der Waals surface area contributed by atoms with Crippen molar-refractivity contribution in [2.45, 2.75) is 32.2 Å². The van der Waals surface area contributed by atoms with Crippen LogP contribution in [0, 0.1) is 0 Å². The number of nitrogens with zero attached hydrogens (tertiary/aromatic N) is 1. The maximum Gasteiger partial charge on any atom is 0.243 e. The Bertz CT molecular complexity index is 502. The number of piperazine rings is 1. The molecule has 1 aromatic rings. The summed E-state index contributed by atoms with van der Waals surface area (Å²) in [5.41, 5.74) is 7.70. The second kappa shape index (κ2) is 6.52. The molecule has 0 aliphatic carbocycles. The van der Waals surface area contributed by atoms with Crippen molar-refractivity contribution in [1.82, 2.24) is 10.2 Å². The van der Waals surface area contributed by atoms with Crippen LogP contribution >= 0.6 is 0 Å². The summed E-state index contributed by atoms with van der Waals surface area (Å²) in [6.07, 6.45) is 2.52. The molecule has 20 heavy (non-hydrogen) atoms. The van der Waals surface area contributed by atoms with E-state index in [1.807, 2.05) is 36.1 Å². The lowest BCUT2D eigenvalue weighted by atomic mass is 10.1. The third kappa shape index (κ3) is 3.57. The molecule has 1 aliphatic rings. The molecular formula is C15H21N3O2. The van der Waals surface area contributed by atoms with E-state index in [1.54, 1.807) is 0 Å². The van der Waals surface area contributed by atoms with Crippen LogP contribution < -0.4 is 11.1 Å². The van der Waals surface area contributed by atoms with Crippen molar-refractivity contribution in [3.63, 3.8) is 0 Å². The Morgan fingerprint density at radius 1 is 1.40 bits per heavy atom. The Kier molecular flexibility index (Phi) is 4.74. The molecule has 1 unspecified atom stereocenters. The average molecular weight is 275 g/mol. The average Bonchev–Trinajstić information content (AvgIpc) is 2.38. The number of hydrogen-bond donors (Lipinski definition) is 2. The van der Waals surface area contributed by atoms with Crippen molar-refractivity contribution >= 4 is 17.5 Å². The van der Waals surface area contributed by atoms with Crippen molar-refractivity contribution in [1.29, 1.82) is 0 Å². The smallest absolute Gasteiger partial charge is 0.243 e. The summed E-state index contributed by atoms with van der Waals surface area (Å²) in [5, 5.41) is 2.39. The standard InChI is InChI=1S/C15H21N3O2/c1-2-13-15(20)17-14(19)10-18(13)8-4-6-11-5-3-7-12(16)9-11/h3,5,7,9,13H,2,4,6,8,10,16H2,1H3,(H,17,19,20). The van der Waals surface area contributed by atoms with Gasteiger partial charge in [0.05, 0.1) is 12.6 Å². The molecule has 0 saturated carbocycles. The number of anilines is 1. The fraction of sp³-hybridized carbons (Fsp3) is 0.467. The number of rotatable bonds is 5. The molecule has 2 amide bonds. The number of carbonyl (C=O) groups is 2. The molecule has 0 spiro atoms. The van der Waals surface area contributed by atoms with Gasteiger partial charge in [0.2, 0.25) is 11.8 Å². The lowest BCUT2D eigenvalue weighted by Gasteiger charge is -2.33. The summed E-state index contributed by atoms with van der Waals surface area (Å²) < 4.78 is 0. The molecule has 3 N–H and O–H groups in total. The van der Waals surface area contributed by atoms with E-state index in [2.05, 4.69) is 5.32 Å². The molecule has 2 rings (SSSR count). The predicted octanol–water partition coefficient (Wildman–Crippen LogP) is 0.938. The van der Waals surface area contributed by atoms with Gasteiger partial charge in [0.1, 0.15) is 0 Å². The summed E-state index contributed by atoms with van der Waals surface area (Å²) in [5.74, 6) is -0.378. The van der Waals surface area contributed by atoms with Gasteiger partial charge < -0.3 is 5.73 Å². The molecule has 1 aromatic carbocycles. The van der Waals surface area contributed by atoms with Crippen LogP contribution in [0.4, 0.5) is 5.69 Å². The highest BCUT2D eigenvalue weighted by Crippen LogP contribution is 2.13. The summed E-state index contributed by atoms with van der Waals surface area (Å²) >= 11 is 0. The number of benzene rings is 1. The van der Waals surface area contributed by atoms with E-state index in [0.29, 0.717) is 6.54 Å². The van der Waals surface area contributed by atoms with E-state index < -0.39 is 0 Å². The Balaban J connectivity index is 1.88. The first-order chi connectivity index (χ1) is 9.60. The Morgan fingerprint density at radius 3 is 2.90 bits per heavy atom. The van der Waals surface area contributed by atoms with E-state index in [-0.39, 0.29) is 17.9 Å². The minimum absolute atomic E-state index is 0.173. The lowest BCUT2D eigenvalue weighted by molar-refractivity contribution is -0.140. The first-order valence-corrected chi connectivity index (χ1v) is 7.02. The maximum atomic E-state index is 11.7. The first-order valence-electron chi connectivity index (χ1n) is 7.02. The number of nitrogens with two attached hydrogens (primary N) is 1. The Hall–Kier alpha value is -1.88. The maximum absolute atomic E-state index is 11.7. The van der Waals surface area contributed by atoms with Crippen molar-refractivity contribution in [2.24, 2.45) is 0 Å². The van der Waals surface area contributed by atoms with E-state index in [9.17, 15) is 9.59 Å². The van der Waals surface area contributed by atoms with Gasteiger partial charge in [-0.05, 0) is 43.5 Å². The van der Waals surface area contributed by atoms with Crippen LogP contribution in [-0.2, 0) is 16.0 Å². The fourth-order valence-corrected chi connectivity index (χ4v) is 2.63. The number of nitrogens with one attached hydrogen (secondary N) is 1. The fourth-order valence-electron chi connectivity index (χ4n) is 2.63. The number of carbonyl (C=O) groups excluding carboxylic acids is 2. The second-order valence-corrected chi connectivity index (χ2v) is 5.16. The van der Waals surface area contributed by atoms with Crippen LogP contribution in [0.15, 0.2) is 24.3 Å². The van der Waals surface area contributed by atoms with Gasteiger partial charge in [0, 0.05) is 5.69 Å². The second-order valence-electron chi connectivity index (χ2n) is 5.16. The van der Waals surface area contributed by atoms with Gasteiger partial charge in [-0.2, -0.15) is 0 Å². The molecule has 0 radical (unpaired) electrons. The van der Waals surface area contributed by atoms with Crippen LogP contribution in [0.2, 0.25) is 0 Å². The molecule has 1 heterocycles. The molecule has 1 atom stereocenters. The van der Waals surface area contributed by atoms with E-state index in [4.69, 9.17) is 5.73 Å². The summed E-state index contributed by atoms with van der Waals surface area (Å²) in [6, 6.07) is 7.63. The van der Waals surface area contributed by atoms with Gasteiger partial charge in [0.15, 0.2) is 0 Å². The van der Waals surface area contributed by atoms with Crippen molar-refractivity contribution in [2.75, 3.05) is 18.8 Å². The third-order valence-electron chi connectivity index (χ3n) is 3.60. The highest BCUT2D eigenvalue weighted by atomic mass is 16.2. The predicted molar refractivity (Wildman–Crippen MR) is 78.0 cm³/mol. The SMILES string of the molecule is CCC1C(=O)NC(=O)CN1CCCc1cccc(N)c1. The molecular weight excluding hydrogens is 254 g/mol. The van der Waals surface area contributed by atoms with Crippen molar-refractivity contribution < 1.29 is 9.59 Å². The summed E-state index contributed by atoms with van der Waals surface area (Å²) in [7, 11) is 0. The molecule has 108 valence electrons. The van der Waals surface area contributed by atoms with Gasteiger partial charge in [-0.1, -0.05) is 19.1 Å². The Morgan fingerprint density at radius 2 is 2.20 bits per heavy atom. The minimum atomic E-state index is -0.205. The zero-order valence-electron chi connectivity index (χ0n) is 11.8. The number of imide groups is 1. The van der Waals surface area contributed by atoms with E-state index in [1.165, 1.54) is 5.56 Å². The molecule has 0 aromatic heterocycles. The zero-order chi connectivity index (χ0) is 14.5. The number of nitrogen functional groups attached to an aromatic ring is 1. The van der Waals surface area contributed by atoms with Gasteiger partial charge in [-0.3, -0.25) is 19.8 Å². The zero-order valence-corrected chi connectivity index (χ0v) is 11.8. The molecule has 1 fully saturated rings. The molecule has 0 bridgehead atoms. The van der Waals surface area contributed by atoms with Crippen LogP contribution in [-0.4, -0.2) is 35.8 Å². The summed E-state index contributed by atoms with van der Waals surface area (Å²) in [6.45, 7) is 3.01. The quantitative estimate of drug-likeness (QED) is 0.619. The third-order valence-corrected chi connectivity index (χ3v) is 3.60. The minimum Gasteiger partial charge on any atom is -0.399 e. The Labute approximate surface area is 119 Å². The topological polar surface area (TPSA) is 75.4 Å². The first kappa shape index (κ1) is 14.5. The number of aryl methyl sites for hydroxylation is 1. The molecule has 1 saturated heterocycles. The molecule has 5 heteroatoms. The van der Waals surface area contributed by atoms with Crippen molar-refractivity contribution in [3.8, 4) is 0 Å². The summed E-state index contributed by atoms with van der Waals surface area (Å²) in [4.78, 5) is 25.1. The number of amides is 2.